The van der Waals surface area contributed by atoms with E-state index < -0.39 is 0 Å². The third-order valence-electron chi connectivity index (χ3n) is 3.54. The summed E-state index contributed by atoms with van der Waals surface area (Å²) in [5, 5.41) is 3.57. The van der Waals surface area contributed by atoms with Gasteiger partial charge in [0.25, 0.3) is 5.91 Å². The van der Waals surface area contributed by atoms with E-state index in [-0.39, 0.29) is 5.91 Å². The number of anilines is 2. The second kappa shape index (κ2) is 8.90. The van der Waals surface area contributed by atoms with E-state index in [4.69, 9.17) is 23.2 Å². The zero-order chi connectivity index (χ0) is 17.5. The van der Waals surface area contributed by atoms with Crippen LogP contribution in [-0.4, -0.2) is 24.0 Å². The van der Waals surface area contributed by atoms with Crippen LogP contribution < -0.4 is 10.2 Å². The quantitative estimate of drug-likeness (QED) is 0.726. The molecule has 0 fully saturated rings. The summed E-state index contributed by atoms with van der Waals surface area (Å²) in [7, 11) is 0. The SMILES string of the molecule is CCCN(CCC)c1cncc(C(=O)Nc2c(Cl)cccc2Cl)c1. The lowest BCUT2D eigenvalue weighted by molar-refractivity contribution is 0.102. The number of carbonyl (C=O) groups excluding carboxylic acids is 1. The molecule has 0 aliphatic carbocycles. The molecule has 0 radical (unpaired) electrons. The number of aromatic nitrogens is 1. The second-order valence-electron chi connectivity index (χ2n) is 5.47. The van der Waals surface area contributed by atoms with Gasteiger partial charge in [-0.2, -0.15) is 0 Å². The molecule has 6 heteroatoms. The first-order valence-corrected chi connectivity index (χ1v) is 8.77. The van der Waals surface area contributed by atoms with Gasteiger partial charge in [0.15, 0.2) is 0 Å². The Balaban J connectivity index is 2.22. The van der Waals surface area contributed by atoms with Crippen LogP contribution in [0.25, 0.3) is 0 Å². The van der Waals surface area contributed by atoms with Crippen LogP contribution in [0.3, 0.4) is 0 Å². The van der Waals surface area contributed by atoms with Gasteiger partial charge in [0.05, 0.1) is 33.2 Å². The van der Waals surface area contributed by atoms with Crippen LogP contribution in [0.5, 0.6) is 0 Å². The van der Waals surface area contributed by atoms with E-state index in [0.29, 0.717) is 21.3 Å². The Morgan fingerprint density at radius 3 is 2.33 bits per heavy atom. The van der Waals surface area contributed by atoms with Crippen molar-refractivity contribution in [2.75, 3.05) is 23.3 Å². The highest BCUT2D eigenvalue weighted by Gasteiger charge is 2.14. The predicted octanol–water partition coefficient (Wildman–Crippen LogP) is 5.27. The fraction of sp³-hybridized carbons (Fsp3) is 0.333. The number of nitrogens with one attached hydrogen (secondary N) is 1. The maximum absolute atomic E-state index is 12.5. The first kappa shape index (κ1) is 18.6. The van der Waals surface area contributed by atoms with E-state index >= 15 is 0 Å². The van der Waals surface area contributed by atoms with Crippen molar-refractivity contribution in [3.63, 3.8) is 0 Å². The Hall–Kier alpha value is -1.78. The van der Waals surface area contributed by atoms with Gasteiger partial charge in [-0.05, 0) is 31.0 Å². The second-order valence-corrected chi connectivity index (χ2v) is 6.28. The average molecular weight is 366 g/mol. The monoisotopic (exact) mass is 365 g/mol. The largest absolute Gasteiger partial charge is 0.370 e. The van der Waals surface area contributed by atoms with Crippen molar-refractivity contribution >= 4 is 40.5 Å². The Bertz CT molecular complexity index is 680. The van der Waals surface area contributed by atoms with Gasteiger partial charge in [0.1, 0.15) is 0 Å². The predicted molar refractivity (Wildman–Crippen MR) is 101 cm³/mol. The number of pyridine rings is 1. The van der Waals surface area contributed by atoms with E-state index in [1.54, 1.807) is 30.6 Å². The number of rotatable bonds is 7. The first-order chi connectivity index (χ1) is 11.6. The lowest BCUT2D eigenvalue weighted by Crippen LogP contribution is -2.25. The molecular weight excluding hydrogens is 345 g/mol. The summed E-state index contributed by atoms with van der Waals surface area (Å²) in [5.41, 5.74) is 1.83. The highest BCUT2D eigenvalue weighted by molar-refractivity contribution is 6.40. The molecule has 1 aromatic carbocycles. The van der Waals surface area contributed by atoms with Crippen LogP contribution in [0.4, 0.5) is 11.4 Å². The van der Waals surface area contributed by atoms with Crippen LogP contribution in [0.15, 0.2) is 36.7 Å². The minimum atomic E-state index is -0.285. The molecule has 1 amide bonds. The zero-order valence-corrected chi connectivity index (χ0v) is 15.4. The van der Waals surface area contributed by atoms with Gasteiger partial charge < -0.3 is 10.2 Å². The van der Waals surface area contributed by atoms with Crippen molar-refractivity contribution in [3.8, 4) is 0 Å². The van der Waals surface area contributed by atoms with Gasteiger partial charge in [0, 0.05) is 19.3 Å². The zero-order valence-electron chi connectivity index (χ0n) is 13.9. The maximum Gasteiger partial charge on any atom is 0.257 e. The Morgan fingerprint density at radius 2 is 1.75 bits per heavy atom. The molecule has 2 aromatic rings. The molecule has 0 unspecified atom stereocenters. The lowest BCUT2D eigenvalue weighted by Gasteiger charge is -2.23. The Kier molecular flexibility index (Phi) is 6.88. The fourth-order valence-corrected chi connectivity index (χ4v) is 2.93. The van der Waals surface area contributed by atoms with Gasteiger partial charge in [-0.25, -0.2) is 0 Å². The highest BCUT2D eigenvalue weighted by Crippen LogP contribution is 2.30. The standard InChI is InChI=1S/C18H21Cl2N3O/c1-3-8-23(9-4-2)14-10-13(11-21-12-14)18(24)22-17-15(19)6-5-7-16(17)20/h5-7,10-12H,3-4,8-9H2,1-2H3,(H,22,24). The molecule has 0 atom stereocenters. The first-order valence-electron chi connectivity index (χ1n) is 8.02. The summed E-state index contributed by atoms with van der Waals surface area (Å²) in [5.74, 6) is -0.285. The minimum Gasteiger partial charge on any atom is -0.370 e. The van der Waals surface area contributed by atoms with Crippen molar-refractivity contribution < 1.29 is 4.79 Å². The highest BCUT2D eigenvalue weighted by atomic mass is 35.5. The Morgan fingerprint density at radius 1 is 1.12 bits per heavy atom. The normalized spacial score (nSPS) is 10.5. The summed E-state index contributed by atoms with van der Waals surface area (Å²) >= 11 is 12.2. The molecule has 0 saturated carbocycles. The third kappa shape index (κ3) is 4.62. The molecule has 4 nitrogen and oxygen atoms in total. The number of nitrogens with zero attached hydrogens (tertiary/aromatic N) is 2. The molecule has 0 aliphatic rings. The van der Waals surface area contributed by atoms with Gasteiger partial charge in [-0.3, -0.25) is 9.78 Å². The molecule has 1 heterocycles. The minimum absolute atomic E-state index is 0.285. The third-order valence-corrected chi connectivity index (χ3v) is 4.17. The smallest absolute Gasteiger partial charge is 0.257 e. The number of hydrogen-bond donors (Lipinski definition) is 1. The molecule has 0 aliphatic heterocycles. The van der Waals surface area contributed by atoms with Crippen molar-refractivity contribution in [1.82, 2.24) is 4.98 Å². The van der Waals surface area contributed by atoms with Gasteiger partial charge in [0.2, 0.25) is 0 Å². The van der Waals surface area contributed by atoms with E-state index in [1.807, 2.05) is 6.07 Å². The molecule has 0 spiro atoms. The van der Waals surface area contributed by atoms with Crippen molar-refractivity contribution in [3.05, 3.63) is 52.3 Å². The lowest BCUT2D eigenvalue weighted by atomic mass is 10.2. The summed E-state index contributed by atoms with van der Waals surface area (Å²) in [6.07, 6.45) is 5.39. The van der Waals surface area contributed by atoms with Gasteiger partial charge in [-0.15, -0.1) is 0 Å². The van der Waals surface area contributed by atoms with Gasteiger partial charge in [-0.1, -0.05) is 43.1 Å². The Labute approximate surface area is 152 Å². The number of para-hydroxylation sites is 1. The number of halogens is 2. The molecule has 0 bridgehead atoms. The number of hydrogen-bond acceptors (Lipinski definition) is 3. The van der Waals surface area contributed by atoms with E-state index in [9.17, 15) is 4.79 Å². The van der Waals surface area contributed by atoms with Crippen LogP contribution in [0.1, 0.15) is 37.0 Å². The summed E-state index contributed by atoms with van der Waals surface area (Å²) < 4.78 is 0. The summed E-state index contributed by atoms with van der Waals surface area (Å²) in [6, 6.07) is 6.94. The van der Waals surface area contributed by atoms with E-state index in [1.165, 1.54) is 0 Å². The summed E-state index contributed by atoms with van der Waals surface area (Å²) in [6.45, 7) is 6.12. The van der Waals surface area contributed by atoms with E-state index in [2.05, 4.69) is 29.0 Å². The molecule has 1 aromatic heterocycles. The number of amides is 1. The number of carbonyl (C=O) groups is 1. The van der Waals surface area contributed by atoms with Crippen LogP contribution in [-0.2, 0) is 0 Å². The van der Waals surface area contributed by atoms with Crippen molar-refractivity contribution in [2.45, 2.75) is 26.7 Å². The maximum atomic E-state index is 12.5. The van der Waals surface area contributed by atoms with Gasteiger partial charge >= 0.3 is 0 Å². The van der Waals surface area contributed by atoms with E-state index in [0.717, 1.165) is 31.6 Å². The molecule has 1 N–H and O–H groups in total. The molecule has 128 valence electrons. The van der Waals surface area contributed by atoms with Crippen LogP contribution >= 0.6 is 23.2 Å². The van der Waals surface area contributed by atoms with Crippen molar-refractivity contribution in [2.24, 2.45) is 0 Å². The molecule has 24 heavy (non-hydrogen) atoms. The topological polar surface area (TPSA) is 45.2 Å². The van der Waals surface area contributed by atoms with Crippen LogP contribution in [0, 0.1) is 0 Å². The fourth-order valence-electron chi connectivity index (χ4n) is 2.44. The summed E-state index contributed by atoms with van der Waals surface area (Å²) in [4.78, 5) is 19.0. The molecule has 2 rings (SSSR count). The number of benzene rings is 1. The van der Waals surface area contributed by atoms with Crippen molar-refractivity contribution in [1.29, 1.82) is 0 Å². The average Bonchev–Trinajstić information content (AvgIpc) is 2.58. The molecular formula is C18H21Cl2N3O. The molecule has 0 saturated heterocycles. The van der Waals surface area contributed by atoms with Crippen LogP contribution in [0.2, 0.25) is 10.0 Å².